The zero-order valence-corrected chi connectivity index (χ0v) is 13.1. The van der Waals surface area contributed by atoms with Gasteiger partial charge in [0.15, 0.2) is 0 Å². The van der Waals surface area contributed by atoms with Gasteiger partial charge in [-0.05, 0) is 25.0 Å². The van der Waals surface area contributed by atoms with Crippen LogP contribution in [-0.2, 0) is 4.74 Å². The molecule has 6 heteroatoms. The van der Waals surface area contributed by atoms with Crippen molar-refractivity contribution in [1.82, 2.24) is 15.3 Å². The second-order valence-electron chi connectivity index (χ2n) is 5.51. The second kappa shape index (κ2) is 7.19. The Kier molecular flexibility index (Phi) is 4.83. The number of nitrogens with zero attached hydrogens (tertiary/aromatic N) is 3. The number of rotatable bonds is 5. The van der Waals surface area contributed by atoms with E-state index in [9.17, 15) is 4.79 Å². The van der Waals surface area contributed by atoms with Crippen LogP contribution in [0.5, 0.6) is 0 Å². The number of hydrogen-bond acceptors (Lipinski definition) is 5. The summed E-state index contributed by atoms with van der Waals surface area (Å²) in [4.78, 5) is 22.5. The summed E-state index contributed by atoms with van der Waals surface area (Å²) < 4.78 is 5.49. The van der Waals surface area contributed by atoms with Crippen molar-refractivity contribution in [3.63, 3.8) is 0 Å². The molecule has 2 heterocycles. The van der Waals surface area contributed by atoms with Crippen LogP contribution in [0.15, 0.2) is 42.7 Å². The van der Waals surface area contributed by atoms with Gasteiger partial charge >= 0.3 is 0 Å². The second-order valence-corrected chi connectivity index (χ2v) is 5.51. The van der Waals surface area contributed by atoms with Crippen molar-refractivity contribution in [3.05, 3.63) is 48.3 Å². The fraction of sp³-hybridized carbons (Fsp3) is 0.353. The van der Waals surface area contributed by atoms with Crippen LogP contribution in [-0.4, -0.2) is 42.2 Å². The summed E-state index contributed by atoms with van der Waals surface area (Å²) in [5, 5.41) is 2.86. The van der Waals surface area contributed by atoms with Crippen LogP contribution in [0, 0.1) is 0 Å². The molecule has 2 aromatic rings. The van der Waals surface area contributed by atoms with Gasteiger partial charge in [0.05, 0.1) is 11.7 Å². The van der Waals surface area contributed by atoms with Crippen molar-refractivity contribution in [2.24, 2.45) is 0 Å². The summed E-state index contributed by atoms with van der Waals surface area (Å²) in [7, 11) is 1.89. The van der Waals surface area contributed by atoms with E-state index in [0.717, 1.165) is 25.1 Å². The number of benzene rings is 1. The lowest BCUT2D eigenvalue weighted by molar-refractivity contribution is 0.0857. The predicted molar refractivity (Wildman–Crippen MR) is 87.8 cm³/mol. The Morgan fingerprint density at radius 2 is 2.04 bits per heavy atom. The smallest absolute Gasteiger partial charge is 0.254 e. The number of amides is 1. The van der Waals surface area contributed by atoms with Gasteiger partial charge in [-0.2, -0.15) is 0 Å². The molecule has 1 amide bonds. The van der Waals surface area contributed by atoms with E-state index in [1.165, 1.54) is 0 Å². The van der Waals surface area contributed by atoms with E-state index in [0.29, 0.717) is 18.1 Å². The SMILES string of the molecule is CN(c1ccccc1)c1ncc(C(=O)NCC2CCCO2)cn1. The van der Waals surface area contributed by atoms with Crippen molar-refractivity contribution >= 4 is 17.5 Å². The number of carbonyl (C=O) groups excluding carboxylic acids is 1. The number of aromatic nitrogens is 2. The standard InChI is InChI=1S/C17H20N4O2/c1-21(14-6-3-2-4-7-14)17-19-10-13(11-20-17)16(22)18-12-15-8-5-9-23-15/h2-4,6-7,10-11,15H,5,8-9,12H2,1H3,(H,18,22). The quantitative estimate of drug-likeness (QED) is 0.916. The molecule has 0 spiro atoms. The molecule has 1 aliphatic rings. The number of nitrogens with one attached hydrogen (secondary N) is 1. The lowest BCUT2D eigenvalue weighted by Crippen LogP contribution is -2.32. The van der Waals surface area contributed by atoms with Crippen molar-refractivity contribution in [3.8, 4) is 0 Å². The van der Waals surface area contributed by atoms with Crippen molar-refractivity contribution in [2.45, 2.75) is 18.9 Å². The van der Waals surface area contributed by atoms with Gasteiger partial charge in [0.1, 0.15) is 0 Å². The normalized spacial score (nSPS) is 17.0. The molecular formula is C17H20N4O2. The van der Waals surface area contributed by atoms with E-state index < -0.39 is 0 Å². The average Bonchev–Trinajstić information content (AvgIpc) is 3.13. The van der Waals surface area contributed by atoms with Crippen molar-refractivity contribution in [2.75, 3.05) is 25.1 Å². The maximum atomic E-state index is 12.1. The molecule has 0 aliphatic carbocycles. The first kappa shape index (κ1) is 15.4. The Labute approximate surface area is 135 Å². The Hall–Kier alpha value is -2.47. The highest BCUT2D eigenvalue weighted by atomic mass is 16.5. The highest BCUT2D eigenvalue weighted by molar-refractivity contribution is 5.93. The molecule has 0 radical (unpaired) electrons. The van der Waals surface area contributed by atoms with Gasteiger partial charge in [-0.25, -0.2) is 9.97 Å². The first-order valence-electron chi connectivity index (χ1n) is 7.74. The maximum absolute atomic E-state index is 12.1. The highest BCUT2D eigenvalue weighted by Gasteiger charge is 2.17. The topological polar surface area (TPSA) is 67.4 Å². The monoisotopic (exact) mass is 312 g/mol. The largest absolute Gasteiger partial charge is 0.376 e. The zero-order valence-electron chi connectivity index (χ0n) is 13.1. The van der Waals surface area contributed by atoms with Crippen LogP contribution in [0.2, 0.25) is 0 Å². The molecule has 23 heavy (non-hydrogen) atoms. The maximum Gasteiger partial charge on any atom is 0.254 e. The number of ether oxygens (including phenoxy) is 1. The summed E-state index contributed by atoms with van der Waals surface area (Å²) in [6, 6.07) is 9.83. The molecule has 0 bridgehead atoms. The Bertz CT molecular complexity index is 639. The number of carbonyl (C=O) groups is 1. The highest BCUT2D eigenvalue weighted by Crippen LogP contribution is 2.18. The molecule has 3 rings (SSSR count). The van der Waals surface area contributed by atoms with Gasteiger partial charge in [0.2, 0.25) is 5.95 Å². The van der Waals surface area contributed by atoms with E-state index >= 15 is 0 Å². The lowest BCUT2D eigenvalue weighted by atomic mass is 10.2. The molecule has 120 valence electrons. The molecule has 1 atom stereocenters. The van der Waals surface area contributed by atoms with Crippen LogP contribution < -0.4 is 10.2 Å². The van der Waals surface area contributed by atoms with Crippen LogP contribution in [0.25, 0.3) is 0 Å². The van der Waals surface area contributed by atoms with Gasteiger partial charge in [-0.3, -0.25) is 4.79 Å². The number of para-hydroxylation sites is 1. The minimum atomic E-state index is -0.172. The third-order valence-electron chi connectivity index (χ3n) is 3.86. The molecule has 1 unspecified atom stereocenters. The summed E-state index contributed by atoms with van der Waals surface area (Å²) in [5.74, 6) is 0.376. The lowest BCUT2D eigenvalue weighted by Gasteiger charge is -2.17. The van der Waals surface area contributed by atoms with E-state index in [1.807, 2.05) is 42.3 Å². The molecule has 1 aliphatic heterocycles. The molecule has 1 aromatic carbocycles. The molecule has 1 saturated heterocycles. The fourth-order valence-electron chi connectivity index (χ4n) is 2.49. The predicted octanol–water partition coefficient (Wildman–Crippen LogP) is 2.15. The zero-order chi connectivity index (χ0) is 16.1. The number of anilines is 2. The Morgan fingerprint density at radius 1 is 1.30 bits per heavy atom. The minimum Gasteiger partial charge on any atom is -0.376 e. The van der Waals surface area contributed by atoms with Crippen molar-refractivity contribution < 1.29 is 9.53 Å². The summed E-state index contributed by atoms with van der Waals surface area (Å²) >= 11 is 0. The van der Waals surface area contributed by atoms with Gasteiger partial charge in [-0.1, -0.05) is 18.2 Å². The Morgan fingerprint density at radius 3 is 2.70 bits per heavy atom. The van der Waals surface area contributed by atoms with E-state index in [4.69, 9.17) is 4.74 Å². The fourth-order valence-corrected chi connectivity index (χ4v) is 2.49. The first-order chi connectivity index (χ1) is 11.2. The molecule has 6 nitrogen and oxygen atoms in total. The van der Waals surface area contributed by atoms with Crippen LogP contribution in [0.3, 0.4) is 0 Å². The van der Waals surface area contributed by atoms with Gasteiger partial charge in [-0.15, -0.1) is 0 Å². The Balaban J connectivity index is 1.61. The average molecular weight is 312 g/mol. The van der Waals surface area contributed by atoms with E-state index in [2.05, 4.69) is 15.3 Å². The third-order valence-corrected chi connectivity index (χ3v) is 3.86. The first-order valence-corrected chi connectivity index (χ1v) is 7.74. The van der Waals surface area contributed by atoms with Crippen LogP contribution in [0.1, 0.15) is 23.2 Å². The van der Waals surface area contributed by atoms with Crippen LogP contribution >= 0.6 is 0 Å². The summed E-state index contributed by atoms with van der Waals surface area (Å²) in [5.41, 5.74) is 1.44. The van der Waals surface area contributed by atoms with Gasteiger partial charge in [0, 0.05) is 38.3 Å². The van der Waals surface area contributed by atoms with Crippen molar-refractivity contribution in [1.29, 1.82) is 0 Å². The number of hydrogen-bond donors (Lipinski definition) is 1. The van der Waals surface area contributed by atoms with Gasteiger partial charge < -0.3 is 15.0 Å². The molecule has 0 saturated carbocycles. The van der Waals surface area contributed by atoms with E-state index in [1.54, 1.807) is 12.4 Å². The molecular weight excluding hydrogens is 292 g/mol. The molecule has 1 N–H and O–H groups in total. The summed E-state index contributed by atoms with van der Waals surface area (Å²) in [6.45, 7) is 1.31. The summed E-state index contributed by atoms with van der Waals surface area (Å²) in [6.07, 6.45) is 5.28. The minimum absolute atomic E-state index is 0.128. The molecule has 1 fully saturated rings. The third kappa shape index (κ3) is 3.84. The van der Waals surface area contributed by atoms with Gasteiger partial charge in [0.25, 0.3) is 5.91 Å². The van der Waals surface area contributed by atoms with E-state index in [-0.39, 0.29) is 12.0 Å². The molecule has 1 aromatic heterocycles. The van der Waals surface area contributed by atoms with Crippen LogP contribution in [0.4, 0.5) is 11.6 Å².